The number of anilines is 1. The maximum atomic E-state index is 13.0. The molecule has 4 heterocycles. The van der Waals surface area contributed by atoms with Gasteiger partial charge in [0.2, 0.25) is 5.89 Å². The third-order valence-corrected chi connectivity index (χ3v) is 7.05. The van der Waals surface area contributed by atoms with E-state index in [1.807, 2.05) is 36.4 Å². The zero-order valence-electron chi connectivity index (χ0n) is 17.4. The lowest BCUT2D eigenvalue weighted by atomic mass is 9.79. The Morgan fingerprint density at radius 2 is 1.71 bits per heavy atom. The number of methoxy groups -OCH3 is 1. The van der Waals surface area contributed by atoms with Gasteiger partial charge in [-0.3, -0.25) is 0 Å². The molecule has 1 unspecified atom stereocenters. The Morgan fingerprint density at radius 3 is 2.29 bits per heavy atom. The van der Waals surface area contributed by atoms with Gasteiger partial charge < -0.3 is 14.2 Å². The second kappa shape index (κ2) is 7.20. The molecule has 158 valence electrons. The van der Waals surface area contributed by atoms with Gasteiger partial charge in [0.15, 0.2) is 0 Å². The molecule has 3 aliphatic heterocycles. The molecule has 0 N–H and O–H groups in total. The predicted octanol–water partition coefficient (Wildman–Crippen LogP) is 4.22. The number of carbonyl (C=O) groups is 1. The van der Waals surface area contributed by atoms with Crippen LogP contribution >= 0.6 is 0 Å². The Balaban J connectivity index is 1.42. The number of amides is 1. The van der Waals surface area contributed by atoms with Gasteiger partial charge in [0, 0.05) is 6.54 Å². The summed E-state index contributed by atoms with van der Waals surface area (Å²) < 4.78 is 10.9. The van der Waals surface area contributed by atoms with E-state index in [0.29, 0.717) is 11.8 Å². The number of hydrogen-bond acceptors (Lipinski definition) is 6. The van der Waals surface area contributed by atoms with E-state index >= 15 is 0 Å². The van der Waals surface area contributed by atoms with Crippen LogP contribution in [0.15, 0.2) is 53.1 Å². The number of hydrogen-bond donors (Lipinski definition) is 0. The lowest BCUT2D eigenvalue weighted by Crippen LogP contribution is -2.46. The van der Waals surface area contributed by atoms with Crippen molar-refractivity contribution in [2.45, 2.75) is 24.8 Å². The monoisotopic (exact) mass is 416 g/mol. The molecule has 4 aliphatic rings. The number of aromatic nitrogens is 2. The van der Waals surface area contributed by atoms with Gasteiger partial charge >= 0.3 is 6.09 Å². The summed E-state index contributed by atoms with van der Waals surface area (Å²) in [5.41, 5.74) is 4.28. The van der Waals surface area contributed by atoms with Crippen molar-refractivity contribution in [3.8, 4) is 11.1 Å². The molecule has 7 heteroatoms. The zero-order chi connectivity index (χ0) is 20.9. The topological polar surface area (TPSA) is 71.7 Å². The summed E-state index contributed by atoms with van der Waals surface area (Å²) in [7, 11) is 1.39. The van der Waals surface area contributed by atoms with Crippen LogP contribution in [0.2, 0.25) is 0 Å². The molecule has 1 aliphatic carbocycles. The van der Waals surface area contributed by atoms with Gasteiger partial charge in [-0.05, 0) is 59.3 Å². The highest BCUT2D eigenvalue weighted by Gasteiger charge is 2.42. The summed E-state index contributed by atoms with van der Waals surface area (Å²) in [6.07, 6.45) is 1.82. The molecular weight excluding hydrogens is 392 g/mol. The van der Waals surface area contributed by atoms with Crippen LogP contribution in [0.4, 0.5) is 10.7 Å². The van der Waals surface area contributed by atoms with Crippen molar-refractivity contribution >= 4 is 12.0 Å². The Bertz CT molecular complexity index is 1090. The minimum atomic E-state index is -0.502. The third kappa shape index (κ3) is 2.87. The molecule has 7 rings (SSSR count). The Morgan fingerprint density at radius 1 is 1.06 bits per heavy atom. The van der Waals surface area contributed by atoms with Crippen LogP contribution in [0.25, 0.3) is 11.1 Å². The fourth-order valence-electron chi connectivity index (χ4n) is 5.53. The van der Waals surface area contributed by atoms with Crippen molar-refractivity contribution in [1.82, 2.24) is 15.0 Å². The van der Waals surface area contributed by atoms with Crippen LogP contribution in [0, 0.1) is 5.92 Å². The van der Waals surface area contributed by atoms with E-state index in [0.717, 1.165) is 54.7 Å². The van der Waals surface area contributed by atoms with Crippen molar-refractivity contribution in [3.63, 3.8) is 0 Å². The van der Waals surface area contributed by atoms with Crippen LogP contribution in [0.3, 0.4) is 0 Å². The number of rotatable bonds is 3. The molecule has 3 saturated heterocycles. The third-order valence-electron chi connectivity index (χ3n) is 7.05. The number of fused-ring (bicyclic) bond motifs is 6. The molecule has 2 aromatic carbocycles. The second-order valence-electron chi connectivity index (χ2n) is 8.59. The first-order valence-corrected chi connectivity index (χ1v) is 10.9. The highest BCUT2D eigenvalue weighted by molar-refractivity contribution is 5.91. The van der Waals surface area contributed by atoms with Gasteiger partial charge in [0.1, 0.15) is 0 Å². The molecule has 3 fully saturated rings. The molecular formula is C24H24N4O3. The molecule has 3 aromatic rings. The quantitative estimate of drug-likeness (QED) is 0.637. The van der Waals surface area contributed by atoms with Crippen molar-refractivity contribution < 1.29 is 14.1 Å². The van der Waals surface area contributed by atoms with E-state index in [1.165, 1.54) is 12.0 Å². The first kappa shape index (κ1) is 18.6. The number of piperidine rings is 3. The summed E-state index contributed by atoms with van der Waals surface area (Å²) in [6.45, 7) is 3.23. The predicted molar refractivity (Wildman–Crippen MR) is 115 cm³/mol. The van der Waals surface area contributed by atoms with E-state index in [4.69, 9.17) is 14.2 Å². The zero-order valence-corrected chi connectivity index (χ0v) is 17.4. The molecule has 1 atom stereocenters. The number of nitrogens with zero attached hydrogens (tertiary/aromatic N) is 4. The highest BCUT2D eigenvalue weighted by Crippen LogP contribution is 2.47. The normalized spacial score (nSPS) is 24.0. The number of benzene rings is 2. The van der Waals surface area contributed by atoms with Crippen molar-refractivity contribution in [2.75, 3.05) is 31.6 Å². The summed E-state index contributed by atoms with van der Waals surface area (Å²) in [5, 5.41) is 4.26. The maximum Gasteiger partial charge on any atom is 0.417 e. The number of ether oxygens (including phenoxy) is 1. The Hall–Kier alpha value is -3.19. The van der Waals surface area contributed by atoms with Crippen LogP contribution in [0.1, 0.15) is 41.8 Å². The fourth-order valence-corrected chi connectivity index (χ4v) is 5.53. The summed E-state index contributed by atoms with van der Waals surface area (Å²) in [5.74, 6) is 1.68. The van der Waals surface area contributed by atoms with E-state index in [-0.39, 0.29) is 17.9 Å². The average molecular weight is 416 g/mol. The molecule has 0 spiro atoms. The van der Waals surface area contributed by atoms with E-state index in [2.05, 4.69) is 22.2 Å². The van der Waals surface area contributed by atoms with Gasteiger partial charge in [-0.25, -0.2) is 9.69 Å². The molecule has 2 bridgehead atoms. The van der Waals surface area contributed by atoms with E-state index < -0.39 is 6.09 Å². The van der Waals surface area contributed by atoms with E-state index in [1.54, 1.807) is 0 Å². The van der Waals surface area contributed by atoms with Crippen LogP contribution in [0.5, 0.6) is 0 Å². The first-order valence-electron chi connectivity index (χ1n) is 10.9. The van der Waals surface area contributed by atoms with Gasteiger partial charge in [0.25, 0.3) is 5.95 Å². The average Bonchev–Trinajstić information content (AvgIpc) is 3.44. The van der Waals surface area contributed by atoms with E-state index in [9.17, 15) is 4.79 Å². The minimum absolute atomic E-state index is 0.228. The fraction of sp³-hybridized carbons (Fsp3) is 0.375. The summed E-state index contributed by atoms with van der Waals surface area (Å²) in [4.78, 5) is 21.7. The molecule has 1 amide bonds. The van der Waals surface area contributed by atoms with Crippen LogP contribution in [-0.2, 0) is 4.74 Å². The standard InChI is InChI=1S/C24H24N4O3/c1-30-24(29)28(21-18-8-4-2-6-16(18)17-7-3-5-9-19(17)21)23-25-22(31-26-23)20-14-27-12-10-15(20)11-13-27/h2-9,15,20-21H,10-14H2,1H3. The van der Waals surface area contributed by atoms with Crippen molar-refractivity contribution in [1.29, 1.82) is 0 Å². The maximum absolute atomic E-state index is 13.0. The van der Waals surface area contributed by atoms with Crippen LogP contribution < -0.4 is 4.90 Å². The molecule has 0 saturated carbocycles. The molecule has 1 aromatic heterocycles. The van der Waals surface area contributed by atoms with Gasteiger partial charge in [-0.1, -0.05) is 48.5 Å². The van der Waals surface area contributed by atoms with Gasteiger partial charge in [-0.15, -0.1) is 0 Å². The Kier molecular flexibility index (Phi) is 4.31. The van der Waals surface area contributed by atoms with Crippen LogP contribution in [-0.4, -0.2) is 47.9 Å². The number of carbonyl (C=O) groups excluding carboxylic acids is 1. The molecule has 0 radical (unpaired) electrons. The smallest absolute Gasteiger partial charge is 0.417 e. The lowest BCUT2D eigenvalue weighted by Gasteiger charge is -2.43. The Labute approximate surface area is 180 Å². The molecule has 7 nitrogen and oxygen atoms in total. The molecule has 31 heavy (non-hydrogen) atoms. The second-order valence-corrected chi connectivity index (χ2v) is 8.59. The lowest BCUT2D eigenvalue weighted by molar-refractivity contribution is 0.0727. The van der Waals surface area contributed by atoms with Gasteiger partial charge in [0.05, 0.1) is 19.1 Å². The van der Waals surface area contributed by atoms with Crippen molar-refractivity contribution in [2.24, 2.45) is 5.92 Å². The summed E-state index contributed by atoms with van der Waals surface area (Å²) >= 11 is 0. The first-order chi connectivity index (χ1) is 15.2. The highest BCUT2D eigenvalue weighted by atomic mass is 16.5. The summed E-state index contributed by atoms with van der Waals surface area (Å²) in [6, 6.07) is 15.9. The van der Waals surface area contributed by atoms with Gasteiger partial charge in [-0.2, -0.15) is 4.98 Å². The van der Waals surface area contributed by atoms with Crippen molar-refractivity contribution in [3.05, 3.63) is 65.5 Å². The largest absolute Gasteiger partial charge is 0.452 e. The SMILES string of the molecule is COC(=O)N(c1noc(C2CN3CCC2CC3)n1)C1c2ccccc2-c2ccccc21. The minimum Gasteiger partial charge on any atom is -0.452 e.